The number of nitrogens with two attached hydrogens (primary N) is 1. The van der Waals surface area contributed by atoms with Crippen molar-refractivity contribution < 1.29 is 20.1 Å². The number of aliphatic hydroxyl groups is 2. The molecule has 6 nitrogen and oxygen atoms in total. The fraction of sp³-hybridized carbons (Fsp3) is 0.478. The summed E-state index contributed by atoms with van der Waals surface area (Å²) in [5, 5.41) is 32.2. The van der Waals surface area contributed by atoms with Gasteiger partial charge in [-0.3, -0.25) is 0 Å². The Kier molecular flexibility index (Phi) is 10.5. The Morgan fingerprint density at radius 2 is 1.83 bits per heavy atom. The first-order valence-electron chi connectivity index (χ1n) is 10.3. The first-order valence-corrected chi connectivity index (χ1v) is 10.3. The average Bonchev–Trinajstić information content (AvgIpc) is 2.72. The van der Waals surface area contributed by atoms with Gasteiger partial charge in [0, 0.05) is 24.4 Å². The second-order valence-electron chi connectivity index (χ2n) is 7.29. The minimum Gasteiger partial charge on any atom is -0.508 e. The van der Waals surface area contributed by atoms with Crippen molar-refractivity contribution in [1.29, 1.82) is 0 Å². The molecule has 0 saturated heterocycles. The van der Waals surface area contributed by atoms with Gasteiger partial charge in [0.2, 0.25) is 0 Å². The standard InChI is InChI=1S/C23H34N2O4/c24-21-7-5-6-18(14-21)10-13-29-12-4-2-1-3-11-25-16-23(28)19-8-9-22(27)20(15-19)17-26/h5-9,14-15,23,25-28H,1-4,10-13,16-17,24H2. The van der Waals surface area contributed by atoms with Crippen LogP contribution >= 0.6 is 0 Å². The number of rotatable bonds is 14. The molecule has 2 rings (SSSR count). The van der Waals surface area contributed by atoms with Crippen LogP contribution in [0.2, 0.25) is 0 Å². The molecule has 0 spiro atoms. The van der Waals surface area contributed by atoms with Gasteiger partial charge in [-0.1, -0.05) is 31.0 Å². The van der Waals surface area contributed by atoms with Crippen molar-refractivity contribution in [3.63, 3.8) is 0 Å². The number of unbranched alkanes of at least 4 members (excludes halogenated alkanes) is 3. The number of ether oxygens (including phenoxy) is 1. The van der Waals surface area contributed by atoms with Crippen molar-refractivity contribution in [1.82, 2.24) is 5.32 Å². The molecule has 160 valence electrons. The Bertz CT molecular complexity index is 724. The van der Waals surface area contributed by atoms with E-state index in [1.54, 1.807) is 12.1 Å². The van der Waals surface area contributed by atoms with Crippen LogP contribution in [0.1, 0.15) is 48.5 Å². The molecule has 0 amide bonds. The molecular weight excluding hydrogens is 368 g/mol. The molecule has 2 aromatic carbocycles. The normalized spacial score (nSPS) is 12.2. The van der Waals surface area contributed by atoms with Crippen LogP contribution in [0.25, 0.3) is 0 Å². The van der Waals surface area contributed by atoms with Crippen LogP contribution in [-0.4, -0.2) is 41.6 Å². The Morgan fingerprint density at radius 3 is 2.62 bits per heavy atom. The first kappa shape index (κ1) is 23.2. The van der Waals surface area contributed by atoms with E-state index in [0.717, 1.165) is 57.6 Å². The highest BCUT2D eigenvalue weighted by atomic mass is 16.5. The summed E-state index contributed by atoms with van der Waals surface area (Å²) in [6.45, 7) is 2.55. The maximum atomic E-state index is 10.2. The van der Waals surface area contributed by atoms with Gasteiger partial charge in [0.15, 0.2) is 0 Å². The van der Waals surface area contributed by atoms with Crippen LogP contribution in [0.15, 0.2) is 42.5 Å². The molecule has 0 aromatic heterocycles. The number of aliphatic hydroxyl groups excluding tert-OH is 2. The van der Waals surface area contributed by atoms with Crippen molar-refractivity contribution >= 4 is 5.69 Å². The van der Waals surface area contributed by atoms with Gasteiger partial charge >= 0.3 is 0 Å². The van der Waals surface area contributed by atoms with E-state index in [1.165, 1.54) is 11.6 Å². The Balaban J connectivity index is 1.45. The zero-order valence-corrected chi connectivity index (χ0v) is 17.0. The summed E-state index contributed by atoms with van der Waals surface area (Å²) in [6, 6.07) is 12.7. The Morgan fingerprint density at radius 1 is 1.00 bits per heavy atom. The molecule has 2 aromatic rings. The van der Waals surface area contributed by atoms with E-state index in [-0.39, 0.29) is 12.4 Å². The van der Waals surface area contributed by atoms with Crippen molar-refractivity contribution in [3.05, 3.63) is 59.2 Å². The first-order chi connectivity index (χ1) is 14.1. The van der Waals surface area contributed by atoms with Gasteiger partial charge < -0.3 is 31.1 Å². The summed E-state index contributed by atoms with van der Waals surface area (Å²) < 4.78 is 5.69. The molecule has 0 radical (unpaired) electrons. The highest BCUT2D eigenvalue weighted by molar-refractivity contribution is 5.40. The molecule has 0 heterocycles. The van der Waals surface area contributed by atoms with Gasteiger partial charge in [-0.15, -0.1) is 0 Å². The largest absolute Gasteiger partial charge is 0.508 e. The molecular formula is C23H34N2O4. The third-order valence-electron chi connectivity index (χ3n) is 4.87. The van der Waals surface area contributed by atoms with E-state index in [9.17, 15) is 15.3 Å². The minimum atomic E-state index is -0.658. The van der Waals surface area contributed by atoms with E-state index in [2.05, 4.69) is 11.4 Å². The number of phenols is 1. The third kappa shape index (κ3) is 8.83. The number of benzene rings is 2. The smallest absolute Gasteiger partial charge is 0.121 e. The third-order valence-corrected chi connectivity index (χ3v) is 4.87. The molecule has 0 aliphatic rings. The topological polar surface area (TPSA) is 108 Å². The summed E-state index contributed by atoms with van der Waals surface area (Å²) >= 11 is 0. The average molecular weight is 403 g/mol. The monoisotopic (exact) mass is 402 g/mol. The van der Waals surface area contributed by atoms with Gasteiger partial charge in [0.05, 0.1) is 19.3 Å². The minimum absolute atomic E-state index is 0.0464. The molecule has 0 fully saturated rings. The number of hydrogen-bond acceptors (Lipinski definition) is 6. The predicted octanol–water partition coefficient (Wildman–Crippen LogP) is 2.91. The van der Waals surface area contributed by atoms with Crippen molar-refractivity contribution in [2.45, 2.75) is 44.8 Å². The van der Waals surface area contributed by atoms with E-state index >= 15 is 0 Å². The van der Waals surface area contributed by atoms with Gasteiger partial charge in [0.25, 0.3) is 0 Å². The predicted molar refractivity (Wildman–Crippen MR) is 116 cm³/mol. The number of nitrogens with one attached hydrogen (secondary N) is 1. The Labute approximate surface area is 173 Å². The number of nitrogen functional groups attached to an aromatic ring is 1. The highest BCUT2D eigenvalue weighted by Gasteiger charge is 2.09. The van der Waals surface area contributed by atoms with E-state index in [4.69, 9.17) is 10.5 Å². The van der Waals surface area contributed by atoms with E-state index in [0.29, 0.717) is 17.7 Å². The maximum Gasteiger partial charge on any atom is 0.121 e. The molecule has 1 atom stereocenters. The van der Waals surface area contributed by atoms with Crippen molar-refractivity contribution in [3.8, 4) is 5.75 Å². The van der Waals surface area contributed by atoms with Crippen LogP contribution in [0.4, 0.5) is 5.69 Å². The van der Waals surface area contributed by atoms with Gasteiger partial charge in [0.1, 0.15) is 5.75 Å². The lowest BCUT2D eigenvalue weighted by atomic mass is 10.1. The van der Waals surface area contributed by atoms with Crippen LogP contribution in [0, 0.1) is 0 Å². The van der Waals surface area contributed by atoms with Crippen LogP contribution in [0.5, 0.6) is 5.75 Å². The highest BCUT2D eigenvalue weighted by Crippen LogP contribution is 2.22. The number of anilines is 1. The molecule has 29 heavy (non-hydrogen) atoms. The summed E-state index contributed by atoms with van der Waals surface area (Å²) in [6.07, 6.45) is 4.58. The van der Waals surface area contributed by atoms with Gasteiger partial charge in [-0.05, 0) is 61.2 Å². The number of hydrogen-bond donors (Lipinski definition) is 5. The Hall–Kier alpha value is -2.12. The lowest BCUT2D eigenvalue weighted by Crippen LogP contribution is -2.22. The second kappa shape index (κ2) is 13.2. The van der Waals surface area contributed by atoms with Gasteiger partial charge in [-0.25, -0.2) is 0 Å². The molecule has 0 aliphatic heterocycles. The lowest BCUT2D eigenvalue weighted by molar-refractivity contribution is 0.133. The summed E-state index contributed by atoms with van der Waals surface area (Å²) in [4.78, 5) is 0. The second-order valence-corrected chi connectivity index (χ2v) is 7.29. The molecule has 6 N–H and O–H groups in total. The summed E-state index contributed by atoms with van der Waals surface area (Å²) in [5.74, 6) is 0.0464. The molecule has 1 unspecified atom stereocenters. The fourth-order valence-corrected chi connectivity index (χ4v) is 3.14. The van der Waals surface area contributed by atoms with Crippen molar-refractivity contribution in [2.75, 3.05) is 32.0 Å². The zero-order chi connectivity index (χ0) is 20.9. The van der Waals surface area contributed by atoms with Gasteiger partial charge in [-0.2, -0.15) is 0 Å². The molecule has 6 heteroatoms. The fourth-order valence-electron chi connectivity index (χ4n) is 3.14. The number of aromatic hydroxyl groups is 1. The SMILES string of the molecule is Nc1cccc(CCOCCCCCCNCC(O)c2ccc(O)c(CO)c2)c1. The lowest BCUT2D eigenvalue weighted by Gasteiger charge is -2.14. The van der Waals surface area contributed by atoms with E-state index < -0.39 is 6.10 Å². The maximum absolute atomic E-state index is 10.2. The summed E-state index contributed by atoms with van der Waals surface area (Å²) in [7, 11) is 0. The summed E-state index contributed by atoms with van der Waals surface area (Å²) in [5.41, 5.74) is 8.88. The molecule has 0 aliphatic carbocycles. The van der Waals surface area contributed by atoms with Crippen LogP contribution < -0.4 is 11.1 Å². The quantitative estimate of drug-likeness (QED) is 0.246. The molecule has 0 saturated carbocycles. The van der Waals surface area contributed by atoms with Crippen LogP contribution in [0.3, 0.4) is 0 Å². The van der Waals surface area contributed by atoms with Crippen LogP contribution in [-0.2, 0) is 17.8 Å². The molecule has 0 bridgehead atoms. The van der Waals surface area contributed by atoms with E-state index in [1.807, 2.05) is 18.2 Å². The zero-order valence-electron chi connectivity index (χ0n) is 17.0. The van der Waals surface area contributed by atoms with Crippen molar-refractivity contribution in [2.24, 2.45) is 0 Å².